The Hall–Kier alpha value is -2.94. The molecule has 0 aliphatic carbocycles. The minimum atomic E-state index is -1.15. The Labute approximate surface area is 168 Å². The second-order valence-corrected chi connectivity index (χ2v) is 6.99. The van der Waals surface area contributed by atoms with E-state index >= 15 is 0 Å². The van der Waals surface area contributed by atoms with E-state index in [4.69, 9.17) is 14.2 Å². The fraction of sp³-hybridized carbons (Fsp3) is 0.500. The normalized spacial score (nSPS) is 15.8. The number of methoxy groups -OCH3 is 1. The van der Waals surface area contributed by atoms with E-state index in [0.717, 1.165) is 6.42 Å². The molecule has 1 heterocycles. The molecule has 0 spiro atoms. The van der Waals surface area contributed by atoms with Crippen LogP contribution in [0.25, 0.3) is 0 Å². The van der Waals surface area contributed by atoms with Crippen LogP contribution in [0.1, 0.15) is 45.1 Å². The van der Waals surface area contributed by atoms with Gasteiger partial charge in [-0.1, -0.05) is 30.5 Å². The molecule has 1 atom stereocenters. The summed E-state index contributed by atoms with van der Waals surface area (Å²) in [5, 5.41) is 0.415. The summed E-state index contributed by atoms with van der Waals surface area (Å²) in [6, 6.07) is 6.40. The van der Waals surface area contributed by atoms with Gasteiger partial charge < -0.3 is 14.2 Å². The summed E-state index contributed by atoms with van der Waals surface area (Å²) in [6.45, 7) is 3.90. The smallest absolute Gasteiger partial charge is 0.428 e. The minimum Gasteiger partial charge on any atom is -0.428 e. The molecule has 1 aliphatic heterocycles. The quantitative estimate of drug-likeness (QED) is 0.349. The third-order valence-corrected chi connectivity index (χ3v) is 4.42. The third kappa shape index (κ3) is 6.02. The predicted octanol–water partition coefficient (Wildman–Crippen LogP) is 2.76. The van der Waals surface area contributed by atoms with E-state index in [1.54, 1.807) is 31.2 Å². The fourth-order valence-electron chi connectivity index (χ4n) is 2.89. The molecule has 9 nitrogen and oxygen atoms in total. The van der Waals surface area contributed by atoms with E-state index in [0.29, 0.717) is 22.8 Å². The van der Waals surface area contributed by atoms with Crippen LogP contribution in [0.5, 0.6) is 5.75 Å². The molecule has 1 aliphatic rings. The van der Waals surface area contributed by atoms with Crippen LogP contribution in [0.2, 0.25) is 0 Å². The van der Waals surface area contributed by atoms with E-state index in [1.165, 1.54) is 7.11 Å². The molecule has 29 heavy (non-hydrogen) atoms. The van der Waals surface area contributed by atoms with Gasteiger partial charge in [0.25, 0.3) is 11.8 Å². The molecule has 2 amide bonds. The average molecular weight is 407 g/mol. The van der Waals surface area contributed by atoms with Crippen molar-refractivity contribution in [2.75, 3.05) is 13.7 Å². The number of benzene rings is 1. The van der Waals surface area contributed by atoms with Crippen LogP contribution in [-0.2, 0) is 35.3 Å². The zero-order chi connectivity index (χ0) is 21.4. The molecule has 0 saturated carbocycles. The van der Waals surface area contributed by atoms with Gasteiger partial charge in [-0.25, -0.2) is 4.79 Å². The van der Waals surface area contributed by atoms with Crippen molar-refractivity contribution in [2.45, 2.75) is 46.1 Å². The van der Waals surface area contributed by atoms with Gasteiger partial charge >= 0.3 is 12.1 Å². The second-order valence-electron chi connectivity index (χ2n) is 6.99. The number of ether oxygens (including phenoxy) is 3. The van der Waals surface area contributed by atoms with Gasteiger partial charge in [-0.3, -0.25) is 19.2 Å². The van der Waals surface area contributed by atoms with Crippen molar-refractivity contribution in [1.82, 2.24) is 5.06 Å². The first kappa shape index (κ1) is 22.4. The van der Waals surface area contributed by atoms with Crippen LogP contribution in [0.15, 0.2) is 24.3 Å². The average Bonchev–Trinajstić information content (AvgIpc) is 3.00. The molecule has 158 valence electrons. The van der Waals surface area contributed by atoms with Gasteiger partial charge in [-0.05, 0) is 31.0 Å². The summed E-state index contributed by atoms with van der Waals surface area (Å²) < 4.78 is 15.5. The number of nitrogens with zero attached hydrogens (tertiary/aromatic N) is 1. The van der Waals surface area contributed by atoms with Crippen LogP contribution < -0.4 is 4.74 Å². The van der Waals surface area contributed by atoms with Crippen LogP contribution in [0.4, 0.5) is 4.79 Å². The Morgan fingerprint density at radius 2 is 1.72 bits per heavy atom. The molecule has 1 aromatic carbocycles. The molecule has 1 unspecified atom stereocenters. The number of amides is 2. The number of hydroxylamine groups is 2. The lowest BCUT2D eigenvalue weighted by molar-refractivity contribution is -0.177. The van der Waals surface area contributed by atoms with Crippen molar-refractivity contribution in [2.24, 2.45) is 5.41 Å². The van der Waals surface area contributed by atoms with Crippen LogP contribution in [0.3, 0.4) is 0 Å². The number of hydrogen-bond donors (Lipinski definition) is 0. The van der Waals surface area contributed by atoms with Crippen molar-refractivity contribution in [3.05, 3.63) is 29.8 Å². The summed E-state index contributed by atoms with van der Waals surface area (Å²) in [6.07, 6.45) is 0.312. The largest absolute Gasteiger partial charge is 0.534 e. The van der Waals surface area contributed by atoms with Crippen LogP contribution in [-0.4, -0.2) is 42.7 Å². The van der Waals surface area contributed by atoms with E-state index in [-0.39, 0.29) is 32.0 Å². The Morgan fingerprint density at radius 3 is 2.28 bits per heavy atom. The molecular formula is C20H25NO8. The molecule has 0 N–H and O–H groups in total. The van der Waals surface area contributed by atoms with E-state index < -0.39 is 23.4 Å². The fourth-order valence-corrected chi connectivity index (χ4v) is 2.89. The van der Waals surface area contributed by atoms with Crippen LogP contribution >= 0.6 is 0 Å². The lowest BCUT2D eigenvalue weighted by atomic mass is 9.86. The van der Waals surface area contributed by atoms with Crippen molar-refractivity contribution in [3.63, 3.8) is 0 Å². The molecule has 0 radical (unpaired) electrons. The van der Waals surface area contributed by atoms with Crippen molar-refractivity contribution in [1.29, 1.82) is 0 Å². The minimum absolute atomic E-state index is 0.00792. The first-order valence-electron chi connectivity index (χ1n) is 9.29. The Morgan fingerprint density at radius 1 is 1.10 bits per heavy atom. The van der Waals surface area contributed by atoms with Gasteiger partial charge in [0.15, 0.2) is 0 Å². The van der Waals surface area contributed by atoms with E-state index in [2.05, 4.69) is 4.84 Å². The summed E-state index contributed by atoms with van der Waals surface area (Å²) >= 11 is 0. The number of esters is 1. The lowest BCUT2D eigenvalue weighted by Gasteiger charge is -2.25. The van der Waals surface area contributed by atoms with Gasteiger partial charge in [0, 0.05) is 20.0 Å². The maximum atomic E-state index is 12.5. The monoisotopic (exact) mass is 407 g/mol. The lowest BCUT2D eigenvalue weighted by Crippen LogP contribution is -2.36. The molecular weight excluding hydrogens is 382 g/mol. The predicted molar refractivity (Wildman–Crippen MR) is 99.3 cm³/mol. The molecule has 0 bridgehead atoms. The first-order chi connectivity index (χ1) is 13.8. The zero-order valence-corrected chi connectivity index (χ0v) is 16.8. The number of imide groups is 1. The van der Waals surface area contributed by atoms with Gasteiger partial charge in [0.1, 0.15) is 12.4 Å². The summed E-state index contributed by atoms with van der Waals surface area (Å²) in [5.41, 5.74) is -0.131. The number of rotatable bonds is 9. The van der Waals surface area contributed by atoms with Gasteiger partial charge in [0.2, 0.25) is 0 Å². The topological polar surface area (TPSA) is 108 Å². The highest BCUT2D eigenvalue weighted by Gasteiger charge is 2.35. The molecule has 1 fully saturated rings. The third-order valence-electron chi connectivity index (χ3n) is 4.42. The number of carbonyl (C=O) groups excluding carboxylic acids is 4. The first-order valence-corrected chi connectivity index (χ1v) is 9.29. The highest BCUT2D eigenvalue weighted by molar-refractivity contribution is 6.01. The number of hydrogen-bond acceptors (Lipinski definition) is 8. The standard InChI is InChI=1S/C20H25NO8/c1-4-11-20(2,13-26-3)18(24)28-15-7-5-14(6-8-15)12-27-19(25)29-21-16(22)9-10-17(21)23/h5-8H,4,9-13H2,1-3H3. The van der Waals surface area contributed by atoms with E-state index in [1.807, 2.05) is 6.92 Å². The van der Waals surface area contributed by atoms with Crippen molar-refractivity contribution >= 4 is 23.9 Å². The zero-order valence-electron chi connectivity index (χ0n) is 16.8. The molecule has 9 heteroatoms. The Bertz CT molecular complexity index is 736. The Balaban J connectivity index is 1.86. The maximum Gasteiger partial charge on any atom is 0.534 e. The summed E-state index contributed by atoms with van der Waals surface area (Å²) in [7, 11) is 1.54. The second kappa shape index (κ2) is 10.0. The maximum absolute atomic E-state index is 12.5. The summed E-state index contributed by atoms with van der Waals surface area (Å²) in [4.78, 5) is 51.5. The highest BCUT2D eigenvalue weighted by Crippen LogP contribution is 2.27. The van der Waals surface area contributed by atoms with E-state index in [9.17, 15) is 19.2 Å². The van der Waals surface area contributed by atoms with Crippen LogP contribution in [0, 0.1) is 5.41 Å². The van der Waals surface area contributed by atoms with Crippen molar-refractivity contribution < 1.29 is 38.2 Å². The summed E-state index contributed by atoms with van der Waals surface area (Å²) in [5.74, 6) is -1.19. The SMILES string of the molecule is CCCC(C)(COC)C(=O)Oc1ccc(COC(=O)ON2C(=O)CCC2=O)cc1. The molecule has 1 aromatic rings. The Kier molecular flexibility index (Phi) is 7.72. The molecule has 1 saturated heterocycles. The van der Waals surface area contributed by atoms with Gasteiger partial charge in [0.05, 0.1) is 12.0 Å². The highest BCUT2D eigenvalue weighted by atomic mass is 16.8. The molecule has 2 rings (SSSR count). The van der Waals surface area contributed by atoms with Gasteiger partial charge in [-0.15, -0.1) is 0 Å². The van der Waals surface area contributed by atoms with Crippen molar-refractivity contribution in [3.8, 4) is 5.75 Å². The number of carbonyl (C=O) groups is 4. The molecule has 0 aromatic heterocycles. The van der Waals surface area contributed by atoms with Gasteiger partial charge in [-0.2, -0.15) is 0 Å².